The molecule has 4 rings (SSSR count). The molecule has 0 fully saturated rings. The molecule has 0 spiro atoms. The third kappa shape index (κ3) is 5.92. The van der Waals surface area contributed by atoms with Crippen molar-refractivity contribution in [3.8, 4) is 27.7 Å². The molecule has 0 saturated carbocycles. The fourth-order valence-corrected chi connectivity index (χ4v) is 4.99. The zero-order valence-electron chi connectivity index (χ0n) is 20.8. The van der Waals surface area contributed by atoms with Gasteiger partial charge in [0.25, 0.3) is 0 Å². The summed E-state index contributed by atoms with van der Waals surface area (Å²) in [5.41, 5.74) is 2.83. The van der Waals surface area contributed by atoms with Gasteiger partial charge in [-0.3, -0.25) is 0 Å². The zero-order chi connectivity index (χ0) is 25.0. The summed E-state index contributed by atoms with van der Waals surface area (Å²) in [7, 11) is 1.68. The molecule has 0 aliphatic heterocycles. The van der Waals surface area contributed by atoms with Gasteiger partial charge in [-0.25, -0.2) is 4.79 Å². The minimum Gasteiger partial charge on any atom is -0.497 e. The van der Waals surface area contributed by atoms with Crippen molar-refractivity contribution in [2.45, 2.75) is 39.7 Å². The monoisotopic (exact) mass is 486 g/mol. The van der Waals surface area contributed by atoms with Crippen LogP contribution in [-0.2, 0) is 16.0 Å². The van der Waals surface area contributed by atoms with E-state index in [0.717, 1.165) is 44.2 Å². The standard InChI is InChI=1S/C30H30O4S/c1-6-21-9-7-8-10-24(21)29-28(25-17-16-23(32-5)19-26(25)35-29)33-22-14-11-20(12-15-22)13-18-27(31)34-30(2,3)4/h7-19H,6H2,1-5H3/b18-13+. The maximum Gasteiger partial charge on any atom is 0.331 e. The number of methoxy groups -OCH3 is 1. The van der Waals surface area contributed by atoms with Gasteiger partial charge in [0.2, 0.25) is 0 Å². The van der Waals surface area contributed by atoms with E-state index < -0.39 is 5.60 Å². The summed E-state index contributed by atoms with van der Waals surface area (Å²) in [4.78, 5) is 13.1. The molecule has 1 aromatic heterocycles. The van der Waals surface area contributed by atoms with Crippen LogP contribution in [-0.4, -0.2) is 18.7 Å². The van der Waals surface area contributed by atoms with Gasteiger partial charge in [-0.05, 0) is 80.3 Å². The fourth-order valence-electron chi connectivity index (χ4n) is 3.77. The molecule has 3 aromatic carbocycles. The lowest BCUT2D eigenvalue weighted by atomic mass is 10.0. The predicted molar refractivity (Wildman–Crippen MR) is 145 cm³/mol. The number of benzene rings is 3. The van der Waals surface area contributed by atoms with Crippen molar-refractivity contribution in [3.05, 3.63) is 83.9 Å². The van der Waals surface area contributed by atoms with E-state index >= 15 is 0 Å². The average Bonchev–Trinajstić information content (AvgIpc) is 3.19. The van der Waals surface area contributed by atoms with E-state index in [9.17, 15) is 4.79 Å². The van der Waals surface area contributed by atoms with Crippen LogP contribution in [0.25, 0.3) is 26.6 Å². The van der Waals surface area contributed by atoms with Crippen molar-refractivity contribution in [2.75, 3.05) is 7.11 Å². The number of thiophene rings is 1. The second-order valence-corrected chi connectivity index (χ2v) is 10.2. The van der Waals surface area contributed by atoms with Crippen LogP contribution in [0.1, 0.15) is 38.8 Å². The molecule has 0 saturated heterocycles. The first-order valence-corrected chi connectivity index (χ1v) is 12.5. The van der Waals surface area contributed by atoms with Crippen LogP contribution >= 0.6 is 11.3 Å². The molecule has 0 atom stereocenters. The first-order valence-electron chi connectivity index (χ1n) is 11.6. The number of carbonyl (C=O) groups excluding carboxylic acids is 1. The van der Waals surface area contributed by atoms with Crippen LogP contribution in [0.2, 0.25) is 0 Å². The van der Waals surface area contributed by atoms with Gasteiger partial charge in [-0.2, -0.15) is 0 Å². The second-order valence-electron chi connectivity index (χ2n) is 9.17. The molecular weight excluding hydrogens is 456 g/mol. The number of hydrogen-bond donors (Lipinski definition) is 0. The molecular formula is C30H30O4S. The van der Waals surface area contributed by atoms with E-state index in [1.54, 1.807) is 24.5 Å². The third-order valence-corrected chi connectivity index (χ3v) is 6.58. The summed E-state index contributed by atoms with van der Waals surface area (Å²) < 4.78 is 18.4. The van der Waals surface area contributed by atoms with Crippen molar-refractivity contribution in [2.24, 2.45) is 0 Å². The van der Waals surface area contributed by atoms with Crippen molar-refractivity contribution >= 4 is 33.5 Å². The fraction of sp³-hybridized carbons (Fsp3) is 0.233. The van der Waals surface area contributed by atoms with E-state index in [1.807, 2.05) is 51.1 Å². The molecule has 5 heteroatoms. The minimum atomic E-state index is -0.513. The Hall–Kier alpha value is -3.57. The van der Waals surface area contributed by atoms with Crippen LogP contribution in [0.3, 0.4) is 0 Å². The maximum absolute atomic E-state index is 12.0. The molecule has 0 aliphatic rings. The Bertz CT molecular complexity index is 1360. The van der Waals surface area contributed by atoms with Crippen molar-refractivity contribution < 1.29 is 19.0 Å². The molecule has 35 heavy (non-hydrogen) atoms. The van der Waals surface area contributed by atoms with Crippen LogP contribution in [0.4, 0.5) is 0 Å². The van der Waals surface area contributed by atoms with Gasteiger partial charge in [-0.15, -0.1) is 11.3 Å². The van der Waals surface area contributed by atoms with Gasteiger partial charge >= 0.3 is 5.97 Å². The smallest absolute Gasteiger partial charge is 0.331 e. The largest absolute Gasteiger partial charge is 0.497 e. The molecule has 0 amide bonds. The lowest BCUT2D eigenvalue weighted by Crippen LogP contribution is -2.22. The van der Waals surface area contributed by atoms with E-state index in [4.69, 9.17) is 14.2 Å². The van der Waals surface area contributed by atoms with Crippen LogP contribution in [0.5, 0.6) is 17.2 Å². The van der Waals surface area contributed by atoms with Crippen LogP contribution in [0, 0.1) is 0 Å². The molecule has 0 unspecified atom stereocenters. The summed E-state index contributed by atoms with van der Waals surface area (Å²) in [6.45, 7) is 7.71. The van der Waals surface area contributed by atoms with Crippen LogP contribution < -0.4 is 9.47 Å². The molecule has 180 valence electrons. The van der Waals surface area contributed by atoms with E-state index in [0.29, 0.717) is 0 Å². The minimum absolute atomic E-state index is 0.364. The van der Waals surface area contributed by atoms with Crippen LogP contribution in [0.15, 0.2) is 72.8 Å². The van der Waals surface area contributed by atoms with Gasteiger partial charge in [0, 0.05) is 16.2 Å². The third-order valence-electron chi connectivity index (χ3n) is 5.41. The average molecular weight is 487 g/mol. The van der Waals surface area contributed by atoms with Gasteiger partial charge in [0.1, 0.15) is 17.1 Å². The molecule has 0 bridgehead atoms. The number of aryl methyl sites for hydroxylation is 1. The highest BCUT2D eigenvalue weighted by molar-refractivity contribution is 7.22. The summed E-state index contributed by atoms with van der Waals surface area (Å²) in [6.07, 6.45) is 4.12. The summed E-state index contributed by atoms with van der Waals surface area (Å²) in [6, 6.07) is 22.2. The molecule has 0 radical (unpaired) electrons. The Morgan fingerprint density at radius 1 is 0.971 bits per heavy atom. The van der Waals surface area contributed by atoms with Gasteiger partial charge in [-0.1, -0.05) is 43.3 Å². The molecule has 0 aliphatic carbocycles. The van der Waals surface area contributed by atoms with Crippen molar-refractivity contribution in [1.29, 1.82) is 0 Å². The SMILES string of the molecule is CCc1ccccc1-c1sc2cc(OC)ccc2c1Oc1ccc(/C=C/C(=O)OC(C)(C)C)cc1. The molecule has 0 N–H and O–H groups in total. The first kappa shape index (κ1) is 24.6. The lowest BCUT2D eigenvalue weighted by molar-refractivity contribution is -0.148. The van der Waals surface area contributed by atoms with Gasteiger partial charge in [0.15, 0.2) is 5.75 Å². The molecule has 1 heterocycles. The normalized spacial score (nSPS) is 11.7. The lowest BCUT2D eigenvalue weighted by Gasteiger charge is -2.17. The van der Waals surface area contributed by atoms with E-state index in [1.165, 1.54) is 17.2 Å². The number of rotatable bonds is 7. The zero-order valence-corrected chi connectivity index (χ0v) is 21.6. The number of hydrogen-bond acceptors (Lipinski definition) is 5. The van der Waals surface area contributed by atoms with E-state index in [-0.39, 0.29) is 5.97 Å². The topological polar surface area (TPSA) is 44.8 Å². The number of ether oxygens (including phenoxy) is 3. The maximum atomic E-state index is 12.0. The number of fused-ring (bicyclic) bond motifs is 1. The van der Waals surface area contributed by atoms with Crippen molar-refractivity contribution in [3.63, 3.8) is 0 Å². The second kappa shape index (κ2) is 10.4. The Labute approximate surface area is 210 Å². The Morgan fingerprint density at radius 3 is 2.37 bits per heavy atom. The van der Waals surface area contributed by atoms with E-state index in [2.05, 4.69) is 43.3 Å². The first-order chi connectivity index (χ1) is 16.8. The Balaban J connectivity index is 1.66. The van der Waals surface area contributed by atoms with Crippen molar-refractivity contribution in [1.82, 2.24) is 0 Å². The van der Waals surface area contributed by atoms with Gasteiger partial charge in [0.05, 0.1) is 12.0 Å². The summed E-state index contributed by atoms with van der Waals surface area (Å²) in [5, 5.41) is 1.05. The quantitative estimate of drug-likeness (QED) is 0.195. The van der Waals surface area contributed by atoms with Gasteiger partial charge < -0.3 is 14.2 Å². The summed E-state index contributed by atoms with van der Waals surface area (Å²) in [5.74, 6) is 2.02. The highest BCUT2D eigenvalue weighted by atomic mass is 32.1. The highest BCUT2D eigenvalue weighted by Crippen LogP contribution is 2.48. The number of carbonyl (C=O) groups is 1. The molecule has 4 nitrogen and oxygen atoms in total. The Kier molecular flexibility index (Phi) is 7.27. The summed E-state index contributed by atoms with van der Waals surface area (Å²) >= 11 is 1.71. The Morgan fingerprint density at radius 2 is 1.69 bits per heavy atom. The highest BCUT2D eigenvalue weighted by Gasteiger charge is 2.19. The predicted octanol–water partition coefficient (Wildman–Crippen LogP) is 8.29. The molecule has 4 aromatic rings. The number of esters is 1.